The molecule has 21 heavy (non-hydrogen) atoms. The minimum Gasteiger partial charge on any atom is -0.476 e. The zero-order valence-electron chi connectivity index (χ0n) is 11.0. The SMILES string of the molecule is Cn1nc(C(=O)O)cc1-c1ccc(S(C)(=O)=O)c(F)c1F. The first-order valence-corrected chi connectivity index (χ1v) is 7.48. The van der Waals surface area contributed by atoms with E-state index in [2.05, 4.69) is 5.10 Å². The minimum absolute atomic E-state index is 0.0175. The number of aromatic carboxylic acids is 1. The van der Waals surface area contributed by atoms with Crippen LogP contribution in [0.3, 0.4) is 0 Å². The molecule has 9 heteroatoms. The van der Waals surface area contributed by atoms with Gasteiger partial charge in [-0.25, -0.2) is 22.0 Å². The number of hydrogen-bond donors (Lipinski definition) is 1. The van der Waals surface area contributed by atoms with Crippen molar-refractivity contribution < 1.29 is 27.1 Å². The third-order valence-electron chi connectivity index (χ3n) is 2.82. The molecule has 0 fully saturated rings. The zero-order chi connectivity index (χ0) is 15.9. The minimum atomic E-state index is -3.90. The van der Waals surface area contributed by atoms with Gasteiger partial charge in [-0.3, -0.25) is 4.68 Å². The van der Waals surface area contributed by atoms with E-state index in [-0.39, 0.29) is 17.0 Å². The number of sulfone groups is 1. The molecule has 1 aromatic carbocycles. The van der Waals surface area contributed by atoms with Crippen LogP contribution >= 0.6 is 0 Å². The maximum absolute atomic E-state index is 14.0. The highest BCUT2D eigenvalue weighted by Gasteiger charge is 2.23. The van der Waals surface area contributed by atoms with Crippen molar-refractivity contribution in [2.75, 3.05) is 6.26 Å². The number of aromatic nitrogens is 2. The monoisotopic (exact) mass is 316 g/mol. The Balaban J connectivity index is 2.67. The van der Waals surface area contributed by atoms with Crippen LogP contribution in [0.2, 0.25) is 0 Å². The van der Waals surface area contributed by atoms with Gasteiger partial charge in [0.1, 0.15) is 4.90 Å². The van der Waals surface area contributed by atoms with Crippen LogP contribution in [0.5, 0.6) is 0 Å². The predicted molar refractivity (Wildman–Crippen MR) is 68.6 cm³/mol. The van der Waals surface area contributed by atoms with Gasteiger partial charge in [0.05, 0.1) is 5.69 Å². The number of carboxylic acid groups (broad SMARTS) is 1. The summed E-state index contributed by atoms with van der Waals surface area (Å²) in [4.78, 5) is 10.1. The number of halogens is 2. The molecule has 2 rings (SSSR count). The number of rotatable bonds is 3. The lowest BCUT2D eigenvalue weighted by Gasteiger charge is -2.07. The summed E-state index contributed by atoms with van der Waals surface area (Å²) in [5.41, 5.74) is -0.592. The zero-order valence-corrected chi connectivity index (χ0v) is 11.8. The first kappa shape index (κ1) is 15.1. The Hall–Kier alpha value is -2.29. The van der Waals surface area contributed by atoms with Gasteiger partial charge in [0.25, 0.3) is 0 Å². The highest BCUT2D eigenvalue weighted by atomic mass is 32.2. The van der Waals surface area contributed by atoms with E-state index in [1.54, 1.807) is 0 Å². The lowest BCUT2D eigenvalue weighted by Crippen LogP contribution is -2.05. The molecule has 0 unspecified atom stereocenters. The number of carboxylic acids is 1. The van der Waals surface area contributed by atoms with Gasteiger partial charge in [0, 0.05) is 18.9 Å². The van der Waals surface area contributed by atoms with Crippen molar-refractivity contribution in [3.63, 3.8) is 0 Å². The Morgan fingerprint density at radius 3 is 2.38 bits per heavy atom. The molecule has 0 amide bonds. The van der Waals surface area contributed by atoms with E-state index >= 15 is 0 Å². The van der Waals surface area contributed by atoms with Crippen LogP contribution in [0, 0.1) is 11.6 Å². The van der Waals surface area contributed by atoms with Gasteiger partial charge in [0.2, 0.25) is 0 Å². The summed E-state index contributed by atoms with van der Waals surface area (Å²) in [5.74, 6) is -4.20. The topological polar surface area (TPSA) is 89.3 Å². The lowest BCUT2D eigenvalue weighted by atomic mass is 10.1. The van der Waals surface area contributed by atoms with E-state index in [1.807, 2.05) is 0 Å². The molecule has 0 bridgehead atoms. The third kappa shape index (κ3) is 2.64. The lowest BCUT2D eigenvalue weighted by molar-refractivity contribution is 0.0689. The molecule has 0 radical (unpaired) electrons. The largest absolute Gasteiger partial charge is 0.476 e. The van der Waals surface area contributed by atoms with Crippen molar-refractivity contribution in [3.8, 4) is 11.3 Å². The second kappa shape index (κ2) is 4.92. The number of carbonyl (C=O) groups is 1. The summed E-state index contributed by atoms with van der Waals surface area (Å²) >= 11 is 0. The van der Waals surface area contributed by atoms with Crippen molar-refractivity contribution in [2.45, 2.75) is 4.90 Å². The molecule has 0 aliphatic carbocycles. The van der Waals surface area contributed by atoms with Crippen molar-refractivity contribution in [1.82, 2.24) is 9.78 Å². The molecule has 6 nitrogen and oxygen atoms in total. The van der Waals surface area contributed by atoms with Gasteiger partial charge < -0.3 is 5.11 Å². The normalized spacial score (nSPS) is 11.6. The predicted octanol–water partition coefficient (Wildman–Crippen LogP) is 1.47. The van der Waals surface area contributed by atoms with Gasteiger partial charge in [-0.05, 0) is 18.2 Å². The molecule has 1 N–H and O–H groups in total. The van der Waals surface area contributed by atoms with Crippen molar-refractivity contribution in [3.05, 3.63) is 35.5 Å². The van der Waals surface area contributed by atoms with Crippen molar-refractivity contribution in [1.29, 1.82) is 0 Å². The summed E-state index contributed by atoms with van der Waals surface area (Å²) in [6.07, 6.45) is 0.761. The maximum Gasteiger partial charge on any atom is 0.356 e. The standard InChI is InChI=1S/C12H10F2N2O4S/c1-16-8(5-7(15-16)12(17)18)6-3-4-9(21(2,19)20)11(14)10(6)13/h3-5H,1-2H3,(H,17,18). The van der Waals surface area contributed by atoms with E-state index < -0.39 is 32.3 Å². The fourth-order valence-electron chi connectivity index (χ4n) is 1.84. The van der Waals surface area contributed by atoms with Crippen molar-refractivity contribution in [2.24, 2.45) is 7.05 Å². The summed E-state index contributed by atoms with van der Waals surface area (Å²) in [5, 5.41) is 12.5. The van der Waals surface area contributed by atoms with Crippen molar-refractivity contribution >= 4 is 15.8 Å². The first-order chi connectivity index (χ1) is 9.62. The molecular weight excluding hydrogens is 306 g/mol. The number of hydrogen-bond acceptors (Lipinski definition) is 4. The molecule has 1 aromatic heterocycles. The fraction of sp³-hybridized carbons (Fsp3) is 0.167. The molecule has 0 aliphatic rings. The Morgan fingerprint density at radius 2 is 1.90 bits per heavy atom. The van der Waals surface area contributed by atoms with E-state index in [9.17, 15) is 22.0 Å². The smallest absolute Gasteiger partial charge is 0.356 e. The van der Waals surface area contributed by atoms with Crippen LogP contribution < -0.4 is 0 Å². The summed E-state index contributed by atoms with van der Waals surface area (Å²) in [6, 6.07) is 3.06. The molecule has 0 saturated carbocycles. The Labute approximate surface area is 118 Å². The molecule has 0 saturated heterocycles. The molecule has 1 heterocycles. The van der Waals surface area contributed by atoms with Gasteiger partial charge >= 0.3 is 5.97 Å². The van der Waals surface area contributed by atoms with Gasteiger partial charge in [-0.2, -0.15) is 5.10 Å². The molecule has 0 aliphatic heterocycles. The summed E-state index contributed by atoms with van der Waals surface area (Å²) < 4.78 is 51.6. The van der Waals surface area contributed by atoms with E-state index in [0.29, 0.717) is 0 Å². The molecular formula is C12H10F2N2O4S. The third-order valence-corrected chi connectivity index (χ3v) is 3.94. The Morgan fingerprint density at radius 1 is 1.29 bits per heavy atom. The molecule has 2 aromatic rings. The van der Waals surface area contributed by atoms with Crippen LogP contribution in [0.1, 0.15) is 10.5 Å². The molecule has 112 valence electrons. The van der Waals surface area contributed by atoms with E-state index in [0.717, 1.165) is 29.1 Å². The highest BCUT2D eigenvalue weighted by Crippen LogP contribution is 2.28. The average Bonchev–Trinajstić information content (AvgIpc) is 2.73. The molecule has 0 atom stereocenters. The number of nitrogens with zero attached hydrogens (tertiary/aromatic N) is 2. The Kier molecular flexibility index (Phi) is 3.54. The number of benzene rings is 1. The van der Waals surface area contributed by atoms with Crippen LogP contribution in [-0.4, -0.2) is 35.5 Å². The Bertz CT molecular complexity index is 843. The second-order valence-electron chi connectivity index (χ2n) is 4.35. The van der Waals surface area contributed by atoms with Crippen LogP contribution in [0.25, 0.3) is 11.3 Å². The van der Waals surface area contributed by atoms with Crippen LogP contribution in [0.4, 0.5) is 8.78 Å². The maximum atomic E-state index is 14.0. The van der Waals surface area contributed by atoms with Gasteiger partial charge in [0.15, 0.2) is 27.2 Å². The van der Waals surface area contributed by atoms with Gasteiger partial charge in [-0.15, -0.1) is 0 Å². The summed E-state index contributed by atoms with van der Waals surface area (Å²) in [7, 11) is -2.54. The quantitative estimate of drug-likeness (QED) is 0.926. The number of aryl methyl sites for hydroxylation is 1. The van der Waals surface area contributed by atoms with E-state index in [4.69, 9.17) is 5.11 Å². The first-order valence-electron chi connectivity index (χ1n) is 5.58. The van der Waals surface area contributed by atoms with Crippen LogP contribution in [-0.2, 0) is 16.9 Å². The van der Waals surface area contributed by atoms with Gasteiger partial charge in [-0.1, -0.05) is 0 Å². The fourth-order valence-corrected chi connectivity index (χ4v) is 2.57. The molecule has 0 spiro atoms. The second-order valence-corrected chi connectivity index (χ2v) is 6.34. The highest BCUT2D eigenvalue weighted by molar-refractivity contribution is 7.90. The average molecular weight is 316 g/mol. The summed E-state index contributed by atoms with van der Waals surface area (Å²) in [6.45, 7) is 0. The van der Waals surface area contributed by atoms with Crippen LogP contribution in [0.15, 0.2) is 23.1 Å². The van der Waals surface area contributed by atoms with E-state index in [1.165, 1.54) is 7.05 Å².